The van der Waals surface area contributed by atoms with E-state index in [1.807, 2.05) is 0 Å². The Morgan fingerprint density at radius 2 is 1.78 bits per heavy atom. The van der Waals surface area contributed by atoms with E-state index < -0.39 is 17.8 Å². The van der Waals surface area contributed by atoms with Gasteiger partial charge in [-0.1, -0.05) is 49.7 Å². The van der Waals surface area contributed by atoms with E-state index in [4.69, 9.17) is 22.1 Å². The lowest BCUT2D eigenvalue weighted by atomic mass is 10.1. The van der Waals surface area contributed by atoms with Crippen LogP contribution in [0.4, 0.5) is 18.9 Å². The van der Waals surface area contributed by atoms with Gasteiger partial charge in [-0.3, -0.25) is 0 Å². The molecule has 0 aromatic heterocycles. The second kappa shape index (κ2) is 12.0. The van der Waals surface area contributed by atoms with Crippen LogP contribution in [-0.2, 0) is 4.74 Å². The number of nitrogens with zero attached hydrogens (tertiary/aromatic N) is 1. The molecule has 4 nitrogen and oxygen atoms in total. The molecule has 0 spiro atoms. The summed E-state index contributed by atoms with van der Waals surface area (Å²) in [6, 6.07) is 12.4. The summed E-state index contributed by atoms with van der Waals surface area (Å²) in [4.78, 5) is 16.5. The number of aliphatic imine (C=N–C) groups is 1. The molecule has 9 heteroatoms. The van der Waals surface area contributed by atoms with Crippen molar-refractivity contribution in [2.24, 2.45) is 16.6 Å². The maximum absolute atomic E-state index is 13.0. The third-order valence-electron chi connectivity index (χ3n) is 4.04. The Hall–Kier alpha value is -2.45. The standard InChI is InChI=1S/C23H24ClF3N2O2S/c1-15(2)14-32-12-11-31-22(30)17-9-7-16(8-10-17)20(13-21(28)23(25,26)27)29-19-6-4-3-5-18(19)24/h3-10,13,15H,11-12,14,28H2,1-2H3/b21-13-,29-20?. The van der Waals surface area contributed by atoms with Gasteiger partial charge in [-0.2, -0.15) is 24.9 Å². The minimum absolute atomic E-state index is 0.0436. The van der Waals surface area contributed by atoms with Gasteiger partial charge >= 0.3 is 12.1 Å². The molecule has 0 saturated carbocycles. The average molecular weight is 485 g/mol. The molecule has 0 amide bonds. The van der Waals surface area contributed by atoms with Crippen molar-refractivity contribution in [3.05, 3.63) is 76.5 Å². The van der Waals surface area contributed by atoms with Crippen LogP contribution >= 0.6 is 23.4 Å². The van der Waals surface area contributed by atoms with Crippen LogP contribution in [0.25, 0.3) is 0 Å². The van der Waals surface area contributed by atoms with Gasteiger partial charge in [-0.25, -0.2) is 9.79 Å². The van der Waals surface area contributed by atoms with Gasteiger partial charge in [0.1, 0.15) is 12.3 Å². The van der Waals surface area contributed by atoms with E-state index in [2.05, 4.69) is 18.8 Å². The first-order valence-corrected chi connectivity index (χ1v) is 11.3. The number of carbonyl (C=O) groups excluding carboxylic acids is 1. The summed E-state index contributed by atoms with van der Waals surface area (Å²) >= 11 is 7.79. The van der Waals surface area contributed by atoms with Crippen molar-refractivity contribution in [2.75, 3.05) is 18.1 Å². The van der Waals surface area contributed by atoms with Crippen LogP contribution in [0, 0.1) is 5.92 Å². The van der Waals surface area contributed by atoms with E-state index in [1.54, 1.807) is 36.0 Å². The average Bonchev–Trinajstić information content (AvgIpc) is 2.73. The highest BCUT2D eigenvalue weighted by molar-refractivity contribution is 7.99. The summed E-state index contributed by atoms with van der Waals surface area (Å²) in [7, 11) is 0. The lowest BCUT2D eigenvalue weighted by Gasteiger charge is -2.10. The molecule has 2 aromatic carbocycles. The van der Waals surface area contributed by atoms with Crippen molar-refractivity contribution in [1.29, 1.82) is 0 Å². The number of esters is 1. The Morgan fingerprint density at radius 3 is 2.38 bits per heavy atom. The summed E-state index contributed by atoms with van der Waals surface area (Å²) in [5.74, 6) is 1.73. The number of para-hydroxylation sites is 1. The number of thioether (sulfide) groups is 1. The summed E-state index contributed by atoms with van der Waals surface area (Å²) in [6.45, 7) is 4.50. The van der Waals surface area contributed by atoms with Crippen LogP contribution in [0.3, 0.4) is 0 Å². The molecule has 172 valence electrons. The predicted molar refractivity (Wildman–Crippen MR) is 125 cm³/mol. The van der Waals surface area contributed by atoms with Gasteiger partial charge in [0.2, 0.25) is 0 Å². The number of ether oxygens (including phenoxy) is 1. The molecule has 0 aliphatic rings. The van der Waals surface area contributed by atoms with E-state index in [-0.39, 0.29) is 28.6 Å². The van der Waals surface area contributed by atoms with Crippen molar-refractivity contribution >= 4 is 40.7 Å². The fourth-order valence-corrected chi connectivity index (χ4v) is 3.47. The van der Waals surface area contributed by atoms with Crippen LogP contribution in [0.2, 0.25) is 5.02 Å². The Balaban J connectivity index is 2.22. The molecule has 0 atom stereocenters. The summed E-state index contributed by atoms with van der Waals surface area (Å²) in [5, 5.41) is 0.277. The number of nitrogens with two attached hydrogens (primary N) is 1. The van der Waals surface area contributed by atoms with Crippen molar-refractivity contribution in [3.8, 4) is 0 Å². The molecule has 0 aliphatic heterocycles. The number of hydrogen-bond acceptors (Lipinski definition) is 5. The number of carbonyl (C=O) groups is 1. The second-order valence-electron chi connectivity index (χ2n) is 7.23. The van der Waals surface area contributed by atoms with E-state index in [0.717, 1.165) is 11.8 Å². The summed E-state index contributed by atoms with van der Waals surface area (Å²) in [5.41, 5.74) is 4.77. The van der Waals surface area contributed by atoms with Crippen LogP contribution in [0.1, 0.15) is 29.8 Å². The lowest BCUT2D eigenvalue weighted by molar-refractivity contribution is -0.0925. The van der Waals surface area contributed by atoms with Gasteiger partial charge in [0.25, 0.3) is 0 Å². The Bertz CT molecular complexity index is 974. The minimum atomic E-state index is -4.71. The normalized spacial score (nSPS) is 12.8. The molecule has 0 radical (unpaired) electrons. The number of alkyl halides is 3. The van der Waals surface area contributed by atoms with Crippen LogP contribution in [0.15, 0.2) is 65.3 Å². The molecule has 0 bridgehead atoms. The summed E-state index contributed by atoms with van der Waals surface area (Å²) < 4.78 is 44.2. The minimum Gasteiger partial charge on any atom is -0.461 e. The fraction of sp³-hybridized carbons (Fsp3) is 0.304. The molecule has 32 heavy (non-hydrogen) atoms. The van der Waals surface area contributed by atoms with Gasteiger partial charge in [-0.15, -0.1) is 0 Å². The number of hydrogen-bond donors (Lipinski definition) is 1. The quantitative estimate of drug-likeness (QED) is 0.253. The number of allylic oxidation sites excluding steroid dienone is 2. The first kappa shape index (κ1) is 25.8. The molecular formula is C23H24ClF3N2O2S. The third kappa shape index (κ3) is 8.24. The maximum Gasteiger partial charge on any atom is 0.430 e. The molecule has 2 N–H and O–H groups in total. The number of benzene rings is 2. The van der Waals surface area contributed by atoms with Crippen molar-refractivity contribution < 1.29 is 22.7 Å². The zero-order valence-electron chi connectivity index (χ0n) is 17.7. The van der Waals surface area contributed by atoms with E-state index in [1.165, 1.54) is 24.3 Å². The van der Waals surface area contributed by atoms with Crippen LogP contribution in [-0.4, -0.2) is 36.0 Å². The molecule has 2 rings (SSSR count). The van der Waals surface area contributed by atoms with Crippen molar-refractivity contribution in [2.45, 2.75) is 20.0 Å². The highest BCUT2D eigenvalue weighted by Crippen LogP contribution is 2.27. The largest absolute Gasteiger partial charge is 0.461 e. The Labute approximate surface area is 194 Å². The highest BCUT2D eigenvalue weighted by atomic mass is 35.5. The van der Waals surface area contributed by atoms with Gasteiger partial charge in [0, 0.05) is 11.3 Å². The number of halogens is 4. The van der Waals surface area contributed by atoms with Crippen LogP contribution in [0.5, 0.6) is 0 Å². The van der Waals surface area contributed by atoms with E-state index in [9.17, 15) is 18.0 Å². The highest BCUT2D eigenvalue weighted by Gasteiger charge is 2.31. The van der Waals surface area contributed by atoms with Crippen LogP contribution < -0.4 is 5.73 Å². The number of rotatable bonds is 9. The third-order valence-corrected chi connectivity index (χ3v) is 5.72. The summed E-state index contributed by atoms with van der Waals surface area (Å²) in [6.07, 6.45) is -3.97. The molecule has 2 aromatic rings. The maximum atomic E-state index is 13.0. The Morgan fingerprint density at radius 1 is 1.16 bits per heavy atom. The molecule has 0 saturated heterocycles. The molecule has 0 heterocycles. The lowest BCUT2D eigenvalue weighted by Crippen LogP contribution is -2.21. The molecule has 0 unspecified atom stereocenters. The van der Waals surface area contributed by atoms with E-state index >= 15 is 0 Å². The topological polar surface area (TPSA) is 64.7 Å². The fourth-order valence-electron chi connectivity index (χ4n) is 2.45. The van der Waals surface area contributed by atoms with E-state index in [0.29, 0.717) is 17.2 Å². The Kier molecular flexibility index (Phi) is 9.65. The monoisotopic (exact) mass is 484 g/mol. The van der Waals surface area contributed by atoms with Gasteiger partial charge in [0.05, 0.1) is 22.0 Å². The first-order valence-electron chi connectivity index (χ1n) is 9.81. The predicted octanol–water partition coefficient (Wildman–Crippen LogP) is 6.41. The SMILES string of the molecule is CC(C)CSCCOC(=O)c1ccc(C(/C=C(\N)C(F)(F)F)=Nc2ccccc2Cl)cc1. The van der Waals surface area contributed by atoms with Gasteiger partial charge in [-0.05, 0) is 42.0 Å². The zero-order chi connectivity index (χ0) is 23.7. The van der Waals surface area contributed by atoms with Crippen molar-refractivity contribution in [1.82, 2.24) is 0 Å². The second-order valence-corrected chi connectivity index (χ2v) is 8.78. The molecular weight excluding hydrogens is 461 g/mol. The van der Waals surface area contributed by atoms with Crippen molar-refractivity contribution in [3.63, 3.8) is 0 Å². The smallest absolute Gasteiger partial charge is 0.430 e. The van der Waals surface area contributed by atoms with Gasteiger partial charge < -0.3 is 10.5 Å². The first-order chi connectivity index (χ1) is 15.1. The molecule has 0 fully saturated rings. The van der Waals surface area contributed by atoms with Gasteiger partial charge in [0.15, 0.2) is 0 Å². The molecule has 0 aliphatic carbocycles. The zero-order valence-corrected chi connectivity index (χ0v) is 19.2.